The molecule has 0 aromatic rings. The molecule has 3 aliphatic rings. The molecular formula is C23H47N7O3. The summed E-state index contributed by atoms with van der Waals surface area (Å²) in [5.74, 6) is -0.953. The fourth-order valence-electron chi connectivity index (χ4n) is 4.43. The molecule has 33 heavy (non-hydrogen) atoms. The van der Waals surface area contributed by atoms with E-state index in [1.807, 2.05) is 0 Å². The van der Waals surface area contributed by atoms with Gasteiger partial charge in [0.25, 0.3) is 0 Å². The molecule has 1 amide bonds. The maximum atomic E-state index is 12.7. The highest BCUT2D eigenvalue weighted by atomic mass is 16.4. The minimum Gasteiger partial charge on any atom is -0.481 e. The Hall–Kier alpha value is -1.30. The molecule has 2 bridgehead atoms. The zero-order chi connectivity index (χ0) is 23.8. The summed E-state index contributed by atoms with van der Waals surface area (Å²) in [6.45, 7) is 12.7. The van der Waals surface area contributed by atoms with Crippen LogP contribution in [0.5, 0.6) is 0 Å². The van der Waals surface area contributed by atoms with E-state index in [-0.39, 0.29) is 24.2 Å². The van der Waals surface area contributed by atoms with Gasteiger partial charge in [-0.05, 0) is 65.0 Å². The first-order valence-electron chi connectivity index (χ1n) is 12.7. The van der Waals surface area contributed by atoms with Crippen molar-refractivity contribution in [2.24, 2.45) is 5.41 Å². The van der Waals surface area contributed by atoms with Gasteiger partial charge < -0.3 is 42.3 Å². The molecule has 3 fully saturated rings. The molecule has 3 heterocycles. The monoisotopic (exact) mass is 469 g/mol. The highest BCUT2D eigenvalue weighted by Crippen LogP contribution is 2.13. The Labute approximate surface area is 199 Å². The Kier molecular flexibility index (Phi) is 13.2. The van der Waals surface area contributed by atoms with E-state index in [0.29, 0.717) is 26.1 Å². The van der Waals surface area contributed by atoms with Crippen LogP contribution in [0.2, 0.25) is 0 Å². The SMILES string of the molecule is CC12CNCCCNCC(NC(=O)CCCC(=O)O)(CNCCCNC1)CNCCCNC2. The number of carbonyl (C=O) groups excluding carboxylic acids is 1. The van der Waals surface area contributed by atoms with Gasteiger partial charge in [0.1, 0.15) is 0 Å². The summed E-state index contributed by atoms with van der Waals surface area (Å²) in [7, 11) is 0. The predicted molar refractivity (Wildman–Crippen MR) is 132 cm³/mol. The Balaban J connectivity index is 2.09. The van der Waals surface area contributed by atoms with Crippen LogP contribution in [0.4, 0.5) is 0 Å². The third kappa shape index (κ3) is 12.1. The average molecular weight is 470 g/mol. The lowest BCUT2D eigenvalue weighted by Gasteiger charge is -2.37. The van der Waals surface area contributed by atoms with Crippen LogP contribution in [-0.2, 0) is 9.59 Å². The van der Waals surface area contributed by atoms with Crippen LogP contribution < -0.4 is 37.2 Å². The Morgan fingerprint density at radius 1 is 0.697 bits per heavy atom. The highest BCUT2D eigenvalue weighted by molar-refractivity contribution is 5.77. The summed E-state index contributed by atoms with van der Waals surface area (Å²) in [6, 6.07) is 0. The zero-order valence-electron chi connectivity index (χ0n) is 20.5. The number of rotatable bonds is 5. The van der Waals surface area contributed by atoms with Gasteiger partial charge in [-0.25, -0.2) is 0 Å². The summed E-state index contributed by atoms with van der Waals surface area (Å²) in [5, 5.41) is 33.7. The second-order valence-electron chi connectivity index (χ2n) is 10.0. The third-order valence-electron chi connectivity index (χ3n) is 6.37. The van der Waals surface area contributed by atoms with Crippen molar-refractivity contribution in [2.45, 2.75) is 51.0 Å². The van der Waals surface area contributed by atoms with E-state index >= 15 is 0 Å². The van der Waals surface area contributed by atoms with Crippen LogP contribution >= 0.6 is 0 Å². The van der Waals surface area contributed by atoms with E-state index in [2.05, 4.69) is 44.1 Å². The Morgan fingerprint density at radius 2 is 1.09 bits per heavy atom. The lowest BCUT2D eigenvalue weighted by molar-refractivity contribution is -0.137. The number of carboxylic acids is 1. The van der Waals surface area contributed by atoms with Crippen molar-refractivity contribution in [1.29, 1.82) is 0 Å². The molecule has 0 aliphatic carbocycles. The first kappa shape index (κ1) is 27.9. The molecule has 10 heteroatoms. The molecule has 8 N–H and O–H groups in total. The summed E-state index contributed by atoms with van der Waals surface area (Å²) in [5.41, 5.74) is -0.302. The quantitative estimate of drug-likeness (QED) is 0.250. The molecule has 0 aromatic heterocycles. The maximum Gasteiger partial charge on any atom is 0.303 e. The normalized spacial score (nSPS) is 29.6. The number of fused-ring (bicyclic) bond motifs is 18. The van der Waals surface area contributed by atoms with E-state index < -0.39 is 11.5 Å². The fraction of sp³-hybridized carbons (Fsp3) is 0.913. The first-order chi connectivity index (χ1) is 15.9. The number of aliphatic carboxylic acids is 1. The van der Waals surface area contributed by atoms with Gasteiger partial charge >= 0.3 is 5.97 Å². The minimum atomic E-state index is -0.864. The number of amides is 1. The highest BCUT2D eigenvalue weighted by Gasteiger charge is 2.31. The standard InChI is InChI=1S/C23H47N7O3/c1-22-14-24-8-3-11-27-17-23(18-28-12-4-9-25-15-22,19-29-13-5-10-26-16-22)30-20(31)6-2-7-21(32)33/h24-29H,2-19H2,1H3,(H,30,31)(H,32,33). The molecule has 0 atom stereocenters. The van der Waals surface area contributed by atoms with E-state index in [0.717, 1.165) is 78.2 Å². The van der Waals surface area contributed by atoms with Crippen molar-refractivity contribution in [2.75, 3.05) is 78.5 Å². The summed E-state index contributed by atoms with van der Waals surface area (Å²) >= 11 is 0. The molecule has 192 valence electrons. The van der Waals surface area contributed by atoms with E-state index in [1.165, 1.54) is 0 Å². The van der Waals surface area contributed by atoms with Crippen molar-refractivity contribution in [3.05, 3.63) is 0 Å². The van der Waals surface area contributed by atoms with Crippen LogP contribution in [0.1, 0.15) is 45.4 Å². The van der Waals surface area contributed by atoms with Gasteiger partial charge in [0.2, 0.25) is 5.91 Å². The zero-order valence-corrected chi connectivity index (χ0v) is 20.5. The molecule has 0 aromatic carbocycles. The summed E-state index contributed by atoms with van der Waals surface area (Å²) < 4.78 is 0. The van der Waals surface area contributed by atoms with Gasteiger partial charge in [-0.2, -0.15) is 0 Å². The van der Waals surface area contributed by atoms with Gasteiger partial charge in [0, 0.05) is 57.5 Å². The molecule has 3 saturated heterocycles. The van der Waals surface area contributed by atoms with Crippen LogP contribution in [0.15, 0.2) is 0 Å². The molecule has 3 aliphatic heterocycles. The summed E-state index contributed by atoms with van der Waals surface area (Å²) in [6.07, 6.45) is 3.64. The van der Waals surface area contributed by atoms with E-state index in [9.17, 15) is 9.59 Å². The molecule has 0 spiro atoms. The number of carbonyl (C=O) groups is 2. The molecule has 0 radical (unpaired) electrons. The first-order valence-corrected chi connectivity index (χ1v) is 12.7. The van der Waals surface area contributed by atoms with Crippen LogP contribution in [-0.4, -0.2) is 101 Å². The lowest BCUT2D eigenvalue weighted by atomic mass is 9.90. The van der Waals surface area contributed by atoms with Crippen molar-refractivity contribution in [3.63, 3.8) is 0 Å². The second kappa shape index (κ2) is 15.6. The van der Waals surface area contributed by atoms with Crippen molar-refractivity contribution < 1.29 is 14.7 Å². The van der Waals surface area contributed by atoms with Gasteiger partial charge in [-0.15, -0.1) is 0 Å². The molecule has 0 saturated carbocycles. The van der Waals surface area contributed by atoms with E-state index in [1.54, 1.807) is 0 Å². The smallest absolute Gasteiger partial charge is 0.303 e. The minimum absolute atomic E-state index is 0.0151. The summed E-state index contributed by atoms with van der Waals surface area (Å²) in [4.78, 5) is 23.5. The van der Waals surface area contributed by atoms with Gasteiger partial charge in [0.05, 0.1) is 5.54 Å². The second-order valence-corrected chi connectivity index (χ2v) is 10.0. The lowest BCUT2D eigenvalue weighted by Crippen LogP contribution is -2.65. The van der Waals surface area contributed by atoms with Gasteiger partial charge in [0.15, 0.2) is 0 Å². The fourth-order valence-corrected chi connectivity index (χ4v) is 4.43. The molecule has 3 rings (SSSR count). The van der Waals surface area contributed by atoms with E-state index in [4.69, 9.17) is 5.11 Å². The number of nitrogens with one attached hydrogen (secondary N) is 7. The largest absolute Gasteiger partial charge is 0.481 e. The molecular weight excluding hydrogens is 422 g/mol. The Morgan fingerprint density at radius 3 is 1.48 bits per heavy atom. The maximum absolute atomic E-state index is 12.7. The molecule has 10 nitrogen and oxygen atoms in total. The topological polar surface area (TPSA) is 139 Å². The predicted octanol–water partition coefficient (Wildman–Crippen LogP) is -1.16. The van der Waals surface area contributed by atoms with Gasteiger partial charge in [-0.3, -0.25) is 9.59 Å². The van der Waals surface area contributed by atoms with Crippen molar-refractivity contribution in [1.82, 2.24) is 37.2 Å². The molecule has 0 unspecified atom stereocenters. The van der Waals surface area contributed by atoms with Crippen LogP contribution in [0.3, 0.4) is 0 Å². The number of hydrogen-bond donors (Lipinski definition) is 8. The van der Waals surface area contributed by atoms with Crippen molar-refractivity contribution in [3.8, 4) is 0 Å². The van der Waals surface area contributed by atoms with Crippen LogP contribution in [0, 0.1) is 5.41 Å². The third-order valence-corrected chi connectivity index (χ3v) is 6.37. The Bertz CT molecular complexity index is 528. The van der Waals surface area contributed by atoms with Crippen LogP contribution in [0.25, 0.3) is 0 Å². The van der Waals surface area contributed by atoms with Gasteiger partial charge in [-0.1, -0.05) is 6.92 Å². The number of carboxylic acid groups (broad SMARTS) is 1. The van der Waals surface area contributed by atoms with Crippen molar-refractivity contribution >= 4 is 11.9 Å². The number of hydrogen-bond acceptors (Lipinski definition) is 8. The average Bonchev–Trinajstić information content (AvgIpc) is 2.75.